The van der Waals surface area contributed by atoms with Crippen LogP contribution in [0.15, 0.2) is 30.3 Å². The smallest absolute Gasteiger partial charge is 0.202 e. The fourth-order valence-electron chi connectivity index (χ4n) is 2.25. The van der Waals surface area contributed by atoms with Gasteiger partial charge in [-0.3, -0.25) is 0 Å². The SMILES string of the molecule is CC(C)Nc1nc(C2(c3ccccc3)CC2)ns1. The van der Waals surface area contributed by atoms with E-state index in [9.17, 15) is 0 Å². The van der Waals surface area contributed by atoms with Gasteiger partial charge in [-0.1, -0.05) is 30.3 Å². The van der Waals surface area contributed by atoms with Gasteiger partial charge in [0, 0.05) is 17.6 Å². The van der Waals surface area contributed by atoms with Crippen molar-refractivity contribution in [2.45, 2.75) is 38.1 Å². The molecule has 4 heteroatoms. The van der Waals surface area contributed by atoms with E-state index in [1.165, 1.54) is 17.1 Å². The van der Waals surface area contributed by atoms with Gasteiger partial charge in [-0.15, -0.1) is 0 Å². The molecule has 0 spiro atoms. The molecule has 1 aromatic carbocycles. The number of hydrogen-bond acceptors (Lipinski definition) is 4. The van der Waals surface area contributed by atoms with Gasteiger partial charge >= 0.3 is 0 Å². The topological polar surface area (TPSA) is 37.8 Å². The highest BCUT2D eigenvalue weighted by molar-refractivity contribution is 7.09. The molecule has 0 radical (unpaired) electrons. The number of hydrogen-bond donors (Lipinski definition) is 1. The largest absolute Gasteiger partial charge is 0.358 e. The summed E-state index contributed by atoms with van der Waals surface area (Å²) in [5.41, 5.74) is 1.44. The lowest BCUT2D eigenvalue weighted by atomic mass is 9.95. The quantitative estimate of drug-likeness (QED) is 0.914. The second-order valence-corrected chi connectivity index (χ2v) is 5.92. The first kappa shape index (κ1) is 11.7. The van der Waals surface area contributed by atoms with Crippen LogP contribution in [0.25, 0.3) is 0 Å². The van der Waals surface area contributed by atoms with Crippen LogP contribution >= 0.6 is 11.5 Å². The van der Waals surface area contributed by atoms with Crippen molar-refractivity contribution in [3.05, 3.63) is 41.7 Å². The lowest BCUT2D eigenvalue weighted by Crippen LogP contribution is -2.12. The van der Waals surface area contributed by atoms with Crippen LogP contribution in [0.1, 0.15) is 38.1 Å². The van der Waals surface area contributed by atoms with Crippen LogP contribution in [-0.4, -0.2) is 15.4 Å². The van der Waals surface area contributed by atoms with Crippen LogP contribution in [0.5, 0.6) is 0 Å². The van der Waals surface area contributed by atoms with E-state index < -0.39 is 0 Å². The monoisotopic (exact) mass is 259 g/mol. The first-order valence-electron chi connectivity index (χ1n) is 6.37. The summed E-state index contributed by atoms with van der Waals surface area (Å²) >= 11 is 1.47. The van der Waals surface area contributed by atoms with Crippen molar-refractivity contribution in [1.29, 1.82) is 0 Å². The molecule has 0 bridgehead atoms. The van der Waals surface area contributed by atoms with E-state index in [0.717, 1.165) is 23.8 Å². The fourth-order valence-corrected chi connectivity index (χ4v) is 3.05. The van der Waals surface area contributed by atoms with Crippen molar-refractivity contribution < 1.29 is 0 Å². The molecule has 94 valence electrons. The van der Waals surface area contributed by atoms with E-state index in [-0.39, 0.29) is 5.41 Å². The highest BCUT2D eigenvalue weighted by atomic mass is 32.1. The van der Waals surface area contributed by atoms with E-state index in [1.54, 1.807) is 0 Å². The second-order valence-electron chi connectivity index (χ2n) is 5.17. The van der Waals surface area contributed by atoms with Crippen LogP contribution in [0.4, 0.5) is 5.13 Å². The Kier molecular flexibility index (Phi) is 2.82. The third kappa shape index (κ3) is 2.01. The molecule has 1 aliphatic rings. The number of benzene rings is 1. The second kappa shape index (κ2) is 4.35. The Morgan fingerprint density at radius 2 is 1.94 bits per heavy atom. The number of aromatic nitrogens is 2. The van der Waals surface area contributed by atoms with E-state index in [1.807, 2.05) is 0 Å². The Bertz CT molecular complexity index is 529. The molecule has 1 fully saturated rings. The van der Waals surface area contributed by atoms with Gasteiger partial charge in [-0.05, 0) is 32.3 Å². The third-order valence-corrected chi connectivity index (χ3v) is 3.99. The minimum absolute atomic E-state index is 0.0919. The molecule has 2 aromatic rings. The molecule has 3 nitrogen and oxygen atoms in total. The predicted octanol–water partition coefficient (Wildman–Crippen LogP) is 3.44. The van der Waals surface area contributed by atoms with Gasteiger partial charge in [-0.2, -0.15) is 4.37 Å². The van der Waals surface area contributed by atoms with E-state index in [2.05, 4.69) is 58.9 Å². The molecule has 1 aromatic heterocycles. The highest BCUT2D eigenvalue weighted by Crippen LogP contribution is 2.52. The molecule has 0 atom stereocenters. The summed E-state index contributed by atoms with van der Waals surface area (Å²) in [6, 6.07) is 11.0. The minimum Gasteiger partial charge on any atom is -0.358 e. The van der Waals surface area contributed by atoms with Gasteiger partial charge in [0.25, 0.3) is 0 Å². The van der Waals surface area contributed by atoms with Crippen LogP contribution in [-0.2, 0) is 5.41 Å². The Balaban J connectivity index is 1.89. The summed E-state index contributed by atoms with van der Waals surface area (Å²) in [6.45, 7) is 4.23. The summed E-state index contributed by atoms with van der Waals surface area (Å²) in [4.78, 5) is 4.66. The number of nitrogens with zero attached hydrogens (tertiary/aromatic N) is 2. The molecule has 1 N–H and O–H groups in total. The lowest BCUT2D eigenvalue weighted by Gasteiger charge is -2.11. The van der Waals surface area contributed by atoms with Crippen molar-refractivity contribution in [3.63, 3.8) is 0 Å². The summed E-state index contributed by atoms with van der Waals surface area (Å²) in [7, 11) is 0. The summed E-state index contributed by atoms with van der Waals surface area (Å²) in [5, 5.41) is 4.25. The van der Waals surface area contributed by atoms with Gasteiger partial charge < -0.3 is 5.32 Å². The van der Waals surface area contributed by atoms with Crippen LogP contribution in [0, 0.1) is 0 Å². The zero-order valence-corrected chi connectivity index (χ0v) is 11.5. The number of anilines is 1. The molecule has 0 unspecified atom stereocenters. The maximum absolute atomic E-state index is 4.66. The Morgan fingerprint density at radius 1 is 1.22 bits per heavy atom. The molecule has 0 saturated heterocycles. The fraction of sp³-hybridized carbons (Fsp3) is 0.429. The van der Waals surface area contributed by atoms with Gasteiger partial charge in [0.05, 0.1) is 5.41 Å². The van der Waals surface area contributed by atoms with Crippen molar-refractivity contribution in [3.8, 4) is 0 Å². The maximum Gasteiger partial charge on any atom is 0.202 e. The van der Waals surface area contributed by atoms with Crippen molar-refractivity contribution in [1.82, 2.24) is 9.36 Å². The molecule has 0 amide bonds. The van der Waals surface area contributed by atoms with Crippen LogP contribution < -0.4 is 5.32 Å². The molecule has 18 heavy (non-hydrogen) atoms. The van der Waals surface area contributed by atoms with Gasteiger partial charge in [0.1, 0.15) is 0 Å². The summed E-state index contributed by atoms with van der Waals surface area (Å²) in [5.74, 6) is 0.988. The third-order valence-electron chi connectivity index (χ3n) is 3.34. The van der Waals surface area contributed by atoms with E-state index in [4.69, 9.17) is 0 Å². The predicted molar refractivity (Wildman–Crippen MR) is 75.1 cm³/mol. The first-order chi connectivity index (χ1) is 8.71. The molecule has 1 aliphatic carbocycles. The van der Waals surface area contributed by atoms with Gasteiger partial charge in [0.2, 0.25) is 5.13 Å². The Hall–Kier alpha value is -1.42. The minimum atomic E-state index is 0.0919. The maximum atomic E-state index is 4.66. The van der Waals surface area contributed by atoms with E-state index >= 15 is 0 Å². The molecular formula is C14H17N3S. The van der Waals surface area contributed by atoms with Gasteiger partial charge in [-0.25, -0.2) is 4.98 Å². The van der Waals surface area contributed by atoms with Crippen LogP contribution in [0.3, 0.4) is 0 Å². The molecule has 1 saturated carbocycles. The Morgan fingerprint density at radius 3 is 2.56 bits per heavy atom. The van der Waals surface area contributed by atoms with Crippen molar-refractivity contribution in [2.24, 2.45) is 0 Å². The zero-order chi connectivity index (χ0) is 12.6. The average Bonchev–Trinajstić information content (AvgIpc) is 3.05. The standard InChI is InChI=1S/C14H17N3S/c1-10(2)15-13-16-12(17-18-13)14(8-9-14)11-6-4-3-5-7-11/h3-7,10H,8-9H2,1-2H3,(H,15,16,17). The lowest BCUT2D eigenvalue weighted by molar-refractivity contribution is 0.776. The van der Waals surface area contributed by atoms with Crippen molar-refractivity contribution in [2.75, 3.05) is 5.32 Å². The van der Waals surface area contributed by atoms with Crippen LogP contribution in [0.2, 0.25) is 0 Å². The van der Waals surface area contributed by atoms with Gasteiger partial charge in [0.15, 0.2) is 5.82 Å². The Labute approximate surface area is 111 Å². The summed E-state index contributed by atoms with van der Waals surface area (Å²) < 4.78 is 4.55. The normalized spacial score (nSPS) is 16.8. The average molecular weight is 259 g/mol. The van der Waals surface area contributed by atoms with E-state index in [0.29, 0.717) is 6.04 Å². The first-order valence-corrected chi connectivity index (χ1v) is 7.14. The summed E-state index contributed by atoms with van der Waals surface area (Å²) in [6.07, 6.45) is 2.32. The number of rotatable bonds is 4. The molecule has 1 heterocycles. The molecule has 3 rings (SSSR count). The zero-order valence-electron chi connectivity index (χ0n) is 10.7. The number of nitrogens with one attached hydrogen (secondary N) is 1. The molecule has 0 aliphatic heterocycles. The molecular weight excluding hydrogens is 242 g/mol. The highest BCUT2D eigenvalue weighted by Gasteiger charge is 2.49. The van der Waals surface area contributed by atoms with Crippen molar-refractivity contribution >= 4 is 16.7 Å².